The van der Waals surface area contributed by atoms with Gasteiger partial charge in [0.05, 0.1) is 11.3 Å². The third-order valence-corrected chi connectivity index (χ3v) is 5.00. The Morgan fingerprint density at radius 3 is 2.54 bits per heavy atom. The van der Waals surface area contributed by atoms with Crippen molar-refractivity contribution in [1.29, 1.82) is 0 Å². The van der Waals surface area contributed by atoms with Gasteiger partial charge in [0.15, 0.2) is 6.10 Å². The monoisotopic (exact) mass is 339 g/mol. The molecule has 1 aliphatic rings. The first kappa shape index (κ1) is 15.0. The minimum absolute atomic E-state index is 0.241. The van der Waals surface area contributed by atoms with Crippen molar-refractivity contribution in [2.75, 3.05) is 0 Å². The summed E-state index contributed by atoms with van der Waals surface area (Å²) in [6, 6.07) is 26.4. The van der Waals surface area contributed by atoms with Crippen LogP contribution in [0.1, 0.15) is 33.3 Å². The van der Waals surface area contributed by atoms with Crippen molar-refractivity contribution in [1.82, 2.24) is 4.57 Å². The smallest absolute Gasteiger partial charge is 0.340 e. The van der Waals surface area contributed by atoms with Crippen LogP contribution in [-0.2, 0) is 11.3 Å². The second-order valence-electron chi connectivity index (χ2n) is 6.58. The number of hydrogen-bond donors (Lipinski definition) is 0. The molecule has 0 aliphatic carbocycles. The molecule has 0 radical (unpaired) electrons. The number of cyclic esters (lactones) is 1. The number of aromatic nitrogens is 1. The van der Waals surface area contributed by atoms with E-state index in [1.807, 2.05) is 66.9 Å². The van der Waals surface area contributed by atoms with Gasteiger partial charge in [0.25, 0.3) is 0 Å². The summed E-state index contributed by atoms with van der Waals surface area (Å²) in [6.45, 7) is 0.750. The predicted molar refractivity (Wildman–Crippen MR) is 101 cm³/mol. The first-order valence-corrected chi connectivity index (χ1v) is 8.73. The largest absolute Gasteiger partial charge is 0.447 e. The molecule has 3 aromatic carbocycles. The lowest BCUT2D eigenvalue weighted by molar-refractivity contribution is 0.0446. The number of hydrogen-bond acceptors (Lipinski definition) is 2. The Morgan fingerprint density at radius 2 is 1.65 bits per heavy atom. The summed E-state index contributed by atoms with van der Waals surface area (Å²) in [4.78, 5) is 12.6. The number of rotatable bonds is 3. The molecular formula is C23H17NO2. The standard InChI is InChI=1S/C23H17NO2/c25-23-21-18-10-5-4-9-17(18)12-13-19(21)22(26-23)20-11-6-14-24(20)15-16-7-2-1-3-8-16/h1-14,22H,15H2. The van der Waals surface area contributed by atoms with E-state index in [0.29, 0.717) is 5.56 Å². The van der Waals surface area contributed by atoms with E-state index in [1.165, 1.54) is 5.56 Å². The second kappa shape index (κ2) is 5.88. The number of ether oxygens (including phenoxy) is 1. The summed E-state index contributed by atoms with van der Waals surface area (Å²) in [6.07, 6.45) is 1.68. The molecule has 1 atom stereocenters. The molecule has 0 N–H and O–H groups in total. The highest BCUT2D eigenvalue weighted by Gasteiger charge is 2.35. The van der Waals surface area contributed by atoms with Gasteiger partial charge >= 0.3 is 5.97 Å². The molecule has 1 aromatic heterocycles. The number of esters is 1. The van der Waals surface area contributed by atoms with Crippen LogP contribution in [0.25, 0.3) is 10.8 Å². The predicted octanol–water partition coefficient (Wildman–Crippen LogP) is 4.95. The molecule has 5 rings (SSSR count). The van der Waals surface area contributed by atoms with E-state index < -0.39 is 0 Å². The Labute approximate surface area is 151 Å². The fraction of sp³-hybridized carbons (Fsp3) is 0.0870. The van der Waals surface area contributed by atoms with E-state index in [2.05, 4.69) is 22.8 Å². The highest BCUT2D eigenvalue weighted by atomic mass is 16.5. The molecular weight excluding hydrogens is 322 g/mol. The maximum Gasteiger partial charge on any atom is 0.340 e. The summed E-state index contributed by atoms with van der Waals surface area (Å²) in [5.41, 5.74) is 3.85. The quantitative estimate of drug-likeness (QED) is 0.495. The summed E-state index contributed by atoms with van der Waals surface area (Å²) in [7, 11) is 0. The average molecular weight is 339 g/mol. The lowest BCUT2D eigenvalue weighted by Crippen LogP contribution is -2.09. The van der Waals surface area contributed by atoms with E-state index in [-0.39, 0.29) is 12.1 Å². The van der Waals surface area contributed by atoms with Crippen LogP contribution in [-0.4, -0.2) is 10.5 Å². The third-order valence-electron chi connectivity index (χ3n) is 5.00. The molecule has 0 amide bonds. The molecule has 1 aliphatic heterocycles. The van der Waals surface area contributed by atoms with Crippen LogP contribution in [0.3, 0.4) is 0 Å². The molecule has 126 valence electrons. The number of fused-ring (bicyclic) bond motifs is 3. The van der Waals surface area contributed by atoms with E-state index in [0.717, 1.165) is 28.6 Å². The maximum atomic E-state index is 12.6. The number of nitrogens with zero attached hydrogens (tertiary/aromatic N) is 1. The Balaban J connectivity index is 1.59. The van der Waals surface area contributed by atoms with Crippen molar-refractivity contribution in [3.8, 4) is 0 Å². The third kappa shape index (κ3) is 2.32. The topological polar surface area (TPSA) is 31.2 Å². The highest BCUT2D eigenvalue weighted by molar-refractivity contribution is 6.08. The van der Waals surface area contributed by atoms with Gasteiger partial charge in [0.1, 0.15) is 0 Å². The van der Waals surface area contributed by atoms with Crippen molar-refractivity contribution < 1.29 is 9.53 Å². The maximum absolute atomic E-state index is 12.6. The van der Waals surface area contributed by atoms with Gasteiger partial charge in [-0.2, -0.15) is 0 Å². The van der Waals surface area contributed by atoms with Crippen LogP contribution in [0.15, 0.2) is 85.1 Å². The fourth-order valence-corrected chi connectivity index (χ4v) is 3.77. The van der Waals surface area contributed by atoms with Crippen molar-refractivity contribution in [3.63, 3.8) is 0 Å². The molecule has 1 unspecified atom stereocenters. The Morgan fingerprint density at radius 1 is 0.846 bits per heavy atom. The van der Waals surface area contributed by atoms with Crippen LogP contribution in [0.5, 0.6) is 0 Å². The van der Waals surface area contributed by atoms with Crippen LogP contribution < -0.4 is 0 Å². The van der Waals surface area contributed by atoms with Gasteiger partial charge in [-0.3, -0.25) is 0 Å². The Hall–Kier alpha value is -3.33. The normalized spacial score (nSPS) is 15.8. The fourth-order valence-electron chi connectivity index (χ4n) is 3.77. The number of carbonyl (C=O) groups excluding carboxylic acids is 1. The second-order valence-corrected chi connectivity index (χ2v) is 6.58. The zero-order valence-electron chi connectivity index (χ0n) is 14.1. The summed E-state index contributed by atoms with van der Waals surface area (Å²) >= 11 is 0. The molecule has 0 spiro atoms. The minimum atomic E-state index is -0.360. The molecule has 4 aromatic rings. The number of carbonyl (C=O) groups is 1. The van der Waals surface area contributed by atoms with Gasteiger partial charge in [0, 0.05) is 18.3 Å². The summed E-state index contributed by atoms with van der Waals surface area (Å²) in [5.74, 6) is -0.241. The van der Waals surface area contributed by atoms with Gasteiger partial charge in [-0.05, 0) is 28.5 Å². The highest BCUT2D eigenvalue weighted by Crippen LogP contribution is 2.39. The van der Waals surface area contributed by atoms with Crippen LogP contribution in [0.2, 0.25) is 0 Å². The molecule has 0 fully saturated rings. The van der Waals surface area contributed by atoms with Crippen LogP contribution in [0, 0.1) is 0 Å². The SMILES string of the molecule is O=C1OC(c2cccn2Cc2ccccc2)c2ccc3ccccc3c21. The molecule has 3 nitrogen and oxygen atoms in total. The molecule has 0 saturated carbocycles. The zero-order valence-corrected chi connectivity index (χ0v) is 14.1. The van der Waals surface area contributed by atoms with E-state index >= 15 is 0 Å². The molecule has 3 heteroatoms. The van der Waals surface area contributed by atoms with Crippen LogP contribution >= 0.6 is 0 Å². The Kier molecular flexibility index (Phi) is 3.39. The van der Waals surface area contributed by atoms with Crippen LogP contribution in [0.4, 0.5) is 0 Å². The molecule has 0 bridgehead atoms. The molecule has 26 heavy (non-hydrogen) atoms. The van der Waals surface area contributed by atoms with Crippen molar-refractivity contribution >= 4 is 16.7 Å². The Bertz CT molecular complexity index is 1110. The van der Waals surface area contributed by atoms with E-state index in [1.54, 1.807) is 0 Å². The molecule has 0 saturated heterocycles. The summed E-state index contributed by atoms with van der Waals surface area (Å²) in [5, 5.41) is 2.02. The van der Waals surface area contributed by atoms with Gasteiger partial charge in [-0.25, -0.2) is 4.79 Å². The first-order chi connectivity index (χ1) is 12.8. The minimum Gasteiger partial charge on any atom is -0.447 e. The van der Waals surface area contributed by atoms with Gasteiger partial charge < -0.3 is 9.30 Å². The van der Waals surface area contributed by atoms with Crippen molar-refractivity contribution in [2.24, 2.45) is 0 Å². The average Bonchev–Trinajstić information content (AvgIpc) is 3.27. The van der Waals surface area contributed by atoms with Gasteiger partial charge in [-0.1, -0.05) is 66.7 Å². The van der Waals surface area contributed by atoms with Gasteiger partial charge in [0.2, 0.25) is 0 Å². The van der Waals surface area contributed by atoms with E-state index in [9.17, 15) is 4.79 Å². The lowest BCUT2D eigenvalue weighted by Gasteiger charge is -2.15. The number of benzene rings is 3. The van der Waals surface area contributed by atoms with Gasteiger partial charge in [-0.15, -0.1) is 0 Å². The molecule has 2 heterocycles. The van der Waals surface area contributed by atoms with Crippen molar-refractivity contribution in [2.45, 2.75) is 12.6 Å². The lowest BCUT2D eigenvalue weighted by atomic mass is 9.96. The van der Waals surface area contributed by atoms with Crippen molar-refractivity contribution in [3.05, 3.63) is 107 Å². The van der Waals surface area contributed by atoms with E-state index in [4.69, 9.17) is 4.74 Å². The summed E-state index contributed by atoms with van der Waals surface area (Å²) < 4.78 is 7.95. The zero-order chi connectivity index (χ0) is 17.5. The first-order valence-electron chi connectivity index (χ1n) is 8.73.